The maximum atomic E-state index is 6.00. The molecule has 0 bridgehead atoms. The van der Waals surface area contributed by atoms with Gasteiger partial charge in [-0.3, -0.25) is 4.90 Å². The van der Waals surface area contributed by atoms with Gasteiger partial charge in [-0.2, -0.15) is 0 Å². The summed E-state index contributed by atoms with van der Waals surface area (Å²) >= 11 is 0. The minimum Gasteiger partial charge on any atom is -0.329 e. The molecule has 16 heavy (non-hydrogen) atoms. The number of hydrogen-bond acceptors (Lipinski definition) is 2. The Bertz CT molecular complexity index is 193. The van der Waals surface area contributed by atoms with Crippen molar-refractivity contribution >= 4 is 0 Å². The quantitative estimate of drug-likeness (QED) is 0.781. The molecular formula is C14H30N2. The van der Waals surface area contributed by atoms with E-state index in [-0.39, 0.29) is 0 Å². The lowest BCUT2D eigenvalue weighted by atomic mass is 9.78. The van der Waals surface area contributed by atoms with Crippen molar-refractivity contribution in [3.8, 4) is 0 Å². The van der Waals surface area contributed by atoms with Crippen molar-refractivity contribution in [2.75, 3.05) is 13.6 Å². The lowest BCUT2D eigenvalue weighted by molar-refractivity contribution is 0.0987. The van der Waals surface area contributed by atoms with Crippen LogP contribution < -0.4 is 5.73 Å². The monoisotopic (exact) mass is 226 g/mol. The zero-order valence-corrected chi connectivity index (χ0v) is 11.6. The fourth-order valence-electron chi connectivity index (χ4n) is 3.14. The van der Waals surface area contributed by atoms with Gasteiger partial charge in [0.15, 0.2) is 0 Å². The first-order chi connectivity index (χ1) is 7.60. The lowest BCUT2D eigenvalue weighted by Gasteiger charge is -2.40. The van der Waals surface area contributed by atoms with Crippen molar-refractivity contribution in [3.05, 3.63) is 0 Å². The van der Waals surface area contributed by atoms with Gasteiger partial charge in [0.05, 0.1) is 0 Å². The Hall–Kier alpha value is -0.0800. The maximum absolute atomic E-state index is 6.00. The summed E-state index contributed by atoms with van der Waals surface area (Å²) in [5.74, 6) is 1.73. The third-order valence-corrected chi connectivity index (χ3v) is 4.57. The molecule has 4 atom stereocenters. The molecule has 1 rings (SSSR count). The van der Waals surface area contributed by atoms with Gasteiger partial charge in [0.2, 0.25) is 0 Å². The fraction of sp³-hybridized carbons (Fsp3) is 1.00. The molecule has 0 aromatic rings. The summed E-state index contributed by atoms with van der Waals surface area (Å²) in [4.78, 5) is 2.52. The summed E-state index contributed by atoms with van der Waals surface area (Å²) < 4.78 is 0. The molecule has 2 N–H and O–H groups in total. The summed E-state index contributed by atoms with van der Waals surface area (Å²) in [5, 5.41) is 0. The number of rotatable bonds is 5. The van der Waals surface area contributed by atoms with E-state index in [4.69, 9.17) is 5.73 Å². The molecule has 0 spiro atoms. The molecule has 1 aliphatic rings. The van der Waals surface area contributed by atoms with E-state index in [1.165, 1.54) is 32.1 Å². The van der Waals surface area contributed by atoms with Crippen LogP contribution in [0, 0.1) is 11.8 Å². The number of hydrogen-bond donors (Lipinski definition) is 1. The first kappa shape index (κ1) is 14.0. The summed E-state index contributed by atoms with van der Waals surface area (Å²) in [6.07, 6.45) is 6.79. The zero-order chi connectivity index (χ0) is 12.1. The molecule has 0 aromatic carbocycles. The van der Waals surface area contributed by atoms with Crippen LogP contribution in [0.5, 0.6) is 0 Å². The van der Waals surface area contributed by atoms with E-state index in [1.807, 2.05) is 0 Å². The van der Waals surface area contributed by atoms with Gasteiger partial charge in [-0.15, -0.1) is 0 Å². The summed E-state index contributed by atoms with van der Waals surface area (Å²) in [7, 11) is 2.25. The second kappa shape index (κ2) is 6.61. The first-order valence-corrected chi connectivity index (χ1v) is 7.02. The number of nitrogens with zero attached hydrogens (tertiary/aromatic N) is 1. The molecule has 0 aromatic heterocycles. The van der Waals surface area contributed by atoms with Gasteiger partial charge in [0.25, 0.3) is 0 Å². The number of likely N-dealkylation sites (N-methyl/N-ethyl adjacent to an activating group) is 1. The molecule has 0 heterocycles. The van der Waals surface area contributed by atoms with Crippen LogP contribution >= 0.6 is 0 Å². The molecule has 0 aliphatic heterocycles. The van der Waals surface area contributed by atoms with Crippen LogP contribution in [-0.4, -0.2) is 30.6 Å². The van der Waals surface area contributed by atoms with Crippen LogP contribution in [0.1, 0.15) is 52.9 Å². The van der Waals surface area contributed by atoms with Gasteiger partial charge in [0, 0.05) is 18.6 Å². The van der Waals surface area contributed by atoms with E-state index >= 15 is 0 Å². The molecule has 4 unspecified atom stereocenters. The van der Waals surface area contributed by atoms with Gasteiger partial charge in [-0.25, -0.2) is 0 Å². The largest absolute Gasteiger partial charge is 0.329 e. The highest BCUT2D eigenvalue weighted by atomic mass is 15.2. The first-order valence-electron chi connectivity index (χ1n) is 7.02. The van der Waals surface area contributed by atoms with E-state index < -0.39 is 0 Å². The fourth-order valence-corrected chi connectivity index (χ4v) is 3.14. The molecule has 0 radical (unpaired) electrons. The van der Waals surface area contributed by atoms with Crippen LogP contribution in [0.2, 0.25) is 0 Å². The Morgan fingerprint density at radius 2 is 2.06 bits per heavy atom. The van der Waals surface area contributed by atoms with Crippen LogP contribution in [0.25, 0.3) is 0 Å². The molecular weight excluding hydrogens is 196 g/mol. The third-order valence-electron chi connectivity index (χ3n) is 4.57. The highest BCUT2D eigenvalue weighted by Gasteiger charge is 2.29. The number of nitrogens with two attached hydrogens (primary N) is 1. The van der Waals surface area contributed by atoms with Crippen LogP contribution in [0.15, 0.2) is 0 Å². The maximum Gasteiger partial charge on any atom is 0.0246 e. The molecule has 96 valence electrons. The standard InChI is InChI=1S/C14H30N2/c1-5-12(3)16(4)14(10-15)13-8-6-7-11(2)9-13/h11-14H,5-10,15H2,1-4H3. The van der Waals surface area contributed by atoms with Crippen molar-refractivity contribution in [1.82, 2.24) is 4.90 Å². The Kier molecular flexibility index (Phi) is 5.77. The van der Waals surface area contributed by atoms with Gasteiger partial charge in [-0.05, 0) is 45.1 Å². The van der Waals surface area contributed by atoms with Crippen molar-refractivity contribution in [3.63, 3.8) is 0 Å². The highest BCUT2D eigenvalue weighted by Crippen LogP contribution is 2.32. The van der Waals surface area contributed by atoms with E-state index in [2.05, 4.69) is 32.7 Å². The van der Waals surface area contributed by atoms with Gasteiger partial charge in [0.1, 0.15) is 0 Å². The third kappa shape index (κ3) is 3.46. The average molecular weight is 226 g/mol. The normalized spacial score (nSPS) is 30.4. The Morgan fingerprint density at radius 1 is 1.38 bits per heavy atom. The summed E-state index contributed by atoms with van der Waals surface area (Å²) in [6.45, 7) is 7.79. The Morgan fingerprint density at radius 3 is 2.56 bits per heavy atom. The second-order valence-electron chi connectivity index (χ2n) is 5.76. The lowest BCUT2D eigenvalue weighted by Crippen LogP contribution is -2.48. The minimum atomic E-state index is 0.595. The Labute approximate surface area is 102 Å². The van der Waals surface area contributed by atoms with Crippen LogP contribution in [0.4, 0.5) is 0 Å². The van der Waals surface area contributed by atoms with Gasteiger partial charge >= 0.3 is 0 Å². The summed E-state index contributed by atoms with van der Waals surface area (Å²) in [6, 6.07) is 1.25. The topological polar surface area (TPSA) is 29.3 Å². The minimum absolute atomic E-state index is 0.595. The smallest absolute Gasteiger partial charge is 0.0246 e. The van der Waals surface area contributed by atoms with Crippen molar-refractivity contribution in [2.45, 2.75) is 65.0 Å². The van der Waals surface area contributed by atoms with Crippen molar-refractivity contribution < 1.29 is 0 Å². The van der Waals surface area contributed by atoms with Crippen molar-refractivity contribution in [1.29, 1.82) is 0 Å². The van der Waals surface area contributed by atoms with Crippen LogP contribution in [0.3, 0.4) is 0 Å². The SMILES string of the molecule is CCC(C)N(C)C(CN)C1CCCC(C)C1. The molecule has 2 heteroatoms. The predicted octanol–water partition coefficient (Wildman–Crippen LogP) is 2.87. The van der Waals surface area contributed by atoms with Crippen LogP contribution in [-0.2, 0) is 0 Å². The average Bonchev–Trinajstić information content (AvgIpc) is 2.29. The molecule has 2 nitrogen and oxygen atoms in total. The van der Waals surface area contributed by atoms with E-state index in [0.717, 1.165) is 18.4 Å². The zero-order valence-electron chi connectivity index (χ0n) is 11.6. The summed E-state index contributed by atoms with van der Waals surface area (Å²) in [5.41, 5.74) is 6.00. The van der Waals surface area contributed by atoms with Gasteiger partial charge < -0.3 is 5.73 Å². The van der Waals surface area contributed by atoms with E-state index in [9.17, 15) is 0 Å². The molecule has 1 aliphatic carbocycles. The second-order valence-corrected chi connectivity index (χ2v) is 5.76. The molecule has 0 amide bonds. The van der Waals surface area contributed by atoms with Crippen molar-refractivity contribution in [2.24, 2.45) is 17.6 Å². The van der Waals surface area contributed by atoms with Gasteiger partial charge in [-0.1, -0.05) is 26.7 Å². The molecule has 1 saturated carbocycles. The van der Waals surface area contributed by atoms with E-state index in [0.29, 0.717) is 12.1 Å². The highest BCUT2D eigenvalue weighted by molar-refractivity contribution is 4.84. The molecule has 0 saturated heterocycles. The predicted molar refractivity (Wildman–Crippen MR) is 71.5 cm³/mol. The Balaban J connectivity index is 2.58. The van der Waals surface area contributed by atoms with E-state index in [1.54, 1.807) is 0 Å². The molecule has 1 fully saturated rings.